The summed E-state index contributed by atoms with van der Waals surface area (Å²) in [7, 11) is 0. The highest BCUT2D eigenvalue weighted by atomic mass is 14.6. The summed E-state index contributed by atoms with van der Waals surface area (Å²) < 4.78 is 0. The minimum absolute atomic E-state index is 0.225. The summed E-state index contributed by atoms with van der Waals surface area (Å²) >= 11 is 0. The molecule has 1 aromatic rings. The van der Waals surface area contributed by atoms with Crippen LogP contribution in [0, 0.1) is 11.8 Å². The summed E-state index contributed by atoms with van der Waals surface area (Å²) in [5.41, 5.74) is 8.03. The molecule has 0 heterocycles. The second kappa shape index (κ2) is 4.69. The summed E-state index contributed by atoms with van der Waals surface area (Å²) in [6.45, 7) is 3.86. The molecule has 0 aromatic heterocycles. The van der Waals surface area contributed by atoms with Crippen LogP contribution in [0.15, 0.2) is 24.3 Å². The third-order valence-corrected chi connectivity index (χ3v) is 1.78. The van der Waals surface area contributed by atoms with Crippen LogP contribution in [0.5, 0.6) is 0 Å². The van der Waals surface area contributed by atoms with Crippen LogP contribution < -0.4 is 5.73 Å². The van der Waals surface area contributed by atoms with Crippen LogP contribution in [0.2, 0.25) is 0 Å². The largest absolute Gasteiger partial charge is 0.328 e. The van der Waals surface area contributed by atoms with Crippen molar-refractivity contribution in [1.29, 1.82) is 0 Å². The summed E-state index contributed by atoms with van der Waals surface area (Å²) in [6, 6.07) is 8.47. The van der Waals surface area contributed by atoms with Crippen molar-refractivity contribution in [1.82, 2.24) is 0 Å². The smallest absolute Gasteiger partial charge is 0.0245 e. The highest BCUT2D eigenvalue weighted by Crippen LogP contribution is 2.05. The van der Waals surface area contributed by atoms with Gasteiger partial charge in [-0.05, 0) is 38.0 Å². The molecule has 0 bridgehead atoms. The first-order valence-electron chi connectivity index (χ1n) is 4.49. The third kappa shape index (κ3) is 3.31. The van der Waals surface area contributed by atoms with Crippen LogP contribution in [0.25, 0.3) is 0 Å². The molecule has 1 aromatic carbocycles. The fourth-order valence-electron chi connectivity index (χ4n) is 1.24. The third-order valence-electron chi connectivity index (χ3n) is 1.78. The normalized spacial score (nSPS) is 11.6. The highest BCUT2D eigenvalue weighted by Gasteiger charge is 1.96. The molecule has 1 atom stereocenters. The highest BCUT2D eigenvalue weighted by molar-refractivity contribution is 5.35. The summed E-state index contributed by atoms with van der Waals surface area (Å²) in [5.74, 6) is 5.88. The van der Waals surface area contributed by atoms with E-state index in [0.717, 1.165) is 12.0 Å². The Balaban J connectivity index is 2.73. The number of hydrogen-bond acceptors (Lipinski definition) is 1. The van der Waals surface area contributed by atoms with Crippen molar-refractivity contribution in [2.45, 2.75) is 26.3 Å². The Morgan fingerprint density at radius 2 is 1.92 bits per heavy atom. The van der Waals surface area contributed by atoms with Crippen molar-refractivity contribution in [2.24, 2.45) is 5.73 Å². The molecule has 13 heavy (non-hydrogen) atoms. The molecule has 0 aliphatic rings. The van der Waals surface area contributed by atoms with Gasteiger partial charge in [-0.15, -0.1) is 5.92 Å². The minimum atomic E-state index is 0.225. The van der Waals surface area contributed by atoms with E-state index in [1.807, 2.05) is 26.0 Å². The van der Waals surface area contributed by atoms with Crippen molar-refractivity contribution in [3.05, 3.63) is 35.4 Å². The van der Waals surface area contributed by atoms with Crippen LogP contribution in [0.1, 0.15) is 25.0 Å². The molecular formula is C12H15N. The van der Waals surface area contributed by atoms with Crippen molar-refractivity contribution in [3.8, 4) is 11.8 Å². The fraction of sp³-hybridized carbons (Fsp3) is 0.333. The zero-order chi connectivity index (χ0) is 9.68. The number of nitrogens with two attached hydrogens (primary N) is 1. The minimum Gasteiger partial charge on any atom is -0.328 e. The van der Waals surface area contributed by atoms with Gasteiger partial charge in [0.25, 0.3) is 0 Å². The van der Waals surface area contributed by atoms with Crippen molar-refractivity contribution >= 4 is 0 Å². The zero-order valence-corrected chi connectivity index (χ0v) is 8.17. The first kappa shape index (κ1) is 9.83. The molecule has 0 aliphatic heterocycles. The van der Waals surface area contributed by atoms with E-state index in [4.69, 9.17) is 5.73 Å². The zero-order valence-electron chi connectivity index (χ0n) is 8.17. The summed E-state index contributed by atoms with van der Waals surface area (Å²) in [5, 5.41) is 0. The van der Waals surface area contributed by atoms with Crippen LogP contribution in [-0.2, 0) is 6.42 Å². The van der Waals surface area contributed by atoms with E-state index in [9.17, 15) is 0 Å². The van der Waals surface area contributed by atoms with Gasteiger partial charge in [-0.3, -0.25) is 0 Å². The van der Waals surface area contributed by atoms with E-state index in [2.05, 4.69) is 24.0 Å². The molecule has 0 aliphatic carbocycles. The second-order valence-corrected chi connectivity index (χ2v) is 3.25. The molecule has 0 saturated carbocycles. The van der Waals surface area contributed by atoms with Gasteiger partial charge in [-0.25, -0.2) is 0 Å². The topological polar surface area (TPSA) is 26.0 Å². The molecule has 0 spiro atoms. The van der Waals surface area contributed by atoms with Crippen LogP contribution >= 0.6 is 0 Å². The maximum atomic E-state index is 5.69. The lowest BCUT2D eigenvalue weighted by Crippen LogP contribution is -2.17. The second-order valence-electron chi connectivity index (χ2n) is 3.25. The molecule has 2 N–H and O–H groups in total. The lowest BCUT2D eigenvalue weighted by atomic mass is 10.1. The van der Waals surface area contributed by atoms with E-state index in [0.29, 0.717) is 0 Å². The van der Waals surface area contributed by atoms with E-state index in [-0.39, 0.29) is 6.04 Å². The van der Waals surface area contributed by atoms with Crippen LogP contribution in [0.3, 0.4) is 0 Å². The Morgan fingerprint density at radius 1 is 1.31 bits per heavy atom. The Kier molecular flexibility index (Phi) is 3.54. The van der Waals surface area contributed by atoms with Crippen molar-refractivity contribution in [2.75, 3.05) is 0 Å². The molecule has 0 fully saturated rings. The maximum Gasteiger partial charge on any atom is 0.0245 e. The fourth-order valence-corrected chi connectivity index (χ4v) is 1.24. The van der Waals surface area contributed by atoms with Gasteiger partial charge in [0.2, 0.25) is 0 Å². The average Bonchev–Trinajstić information content (AvgIpc) is 2.08. The monoisotopic (exact) mass is 173 g/mol. The first-order valence-corrected chi connectivity index (χ1v) is 4.49. The average molecular weight is 173 g/mol. The van der Waals surface area contributed by atoms with Gasteiger partial charge in [0.05, 0.1) is 0 Å². The van der Waals surface area contributed by atoms with Crippen LogP contribution in [-0.4, -0.2) is 6.04 Å². The van der Waals surface area contributed by atoms with E-state index >= 15 is 0 Å². The van der Waals surface area contributed by atoms with Crippen molar-refractivity contribution in [3.63, 3.8) is 0 Å². The predicted octanol–water partition coefficient (Wildman–Crippen LogP) is 1.95. The standard InChI is InChI=1S/C12H15N/c1-3-4-11-5-7-12(8-6-11)9-10(2)13/h5-8,10H,9,13H2,1-2H3/t10-/m0/s1. The van der Waals surface area contributed by atoms with Gasteiger partial charge in [-0.2, -0.15) is 0 Å². The van der Waals surface area contributed by atoms with Gasteiger partial charge in [0.15, 0.2) is 0 Å². The molecule has 1 heteroatoms. The Morgan fingerprint density at radius 3 is 2.38 bits per heavy atom. The van der Waals surface area contributed by atoms with E-state index in [1.165, 1.54) is 5.56 Å². The number of hydrogen-bond donors (Lipinski definition) is 1. The molecule has 1 rings (SSSR count). The first-order chi connectivity index (χ1) is 6.22. The number of rotatable bonds is 2. The lowest BCUT2D eigenvalue weighted by molar-refractivity contribution is 0.738. The van der Waals surface area contributed by atoms with Gasteiger partial charge >= 0.3 is 0 Å². The predicted molar refractivity (Wildman–Crippen MR) is 56.3 cm³/mol. The van der Waals surface area contributed by atoms with Gasteiger partial charge in [-0.1, -0.05) is 18.1 Å². The molecular weight excluding hydrogens is 158 g/mol. The maximum absolute atomic E-state index is 5.69. The molecule has 0 saturated heterocycles. The SMILES string of the molecule is CC#Cc1ccc(C[C@H](C)N)cc1. The molecule has 0 unspecified atom stereocenters. The summed E-state index contributed by atoms with van der Waals surface area (Å²) in [4.78, 5) is 0. The molecule has 68 valence electrons. The molecule has 0 amide bonds. The van der Waals surface area contributed by atoms with Gasteiger partial charge in [0.1, 0.15) is 0 Å². The number of benzene rings is 1. The van der Waals surface area contributed by atoms with Gasteiger partial charge in [0, 0.05) is 11.6 Å². The van der Waals surface area contributed by atoms with Gasteiger partial charge < -0.3 is 5.73 Å². The lowest BCUT2D eigenvalue weighted by Gasteiger charge is -2.04. The Hall–Kier alpha value is -1.26. The van der Waals surface area contributed by atoms with Crippen molar-refractivity contribution < 1.29 is 0 Å². The Labute approximate surface area is 80.0 Å². The summed E-state index contributed by atoms with van der Waals surface area (Å²) in [6.07, 6.45) is 0.930. The van der Waals surface area contributed by atoms with Crippen LogP contribution in [0.4, 0.5) is 0 Å². The quantitative estimate of drug-likeness (QED) is 0.680. The molecule has 1 nitrogen and oxygen atoms in total. The molecule has 0 radical (unpaired) electrons. The van der Waals surface area contributed by atoms with E-state index < -0.39 is 0 Å². The Bertz CT molecular complexity index is 311. The van der Waals surface area contributed by atoms with E-state index in [1.54, 1.807) is 0 Å².